The summed E-state index contributed by atoms with van der Waals surface area (Å²) in [5.41, 5.74) is 11.3. The van der Waals surface area contributed by atoms with Crippen LogP contribution in [0.5, 0.6) is 5.75 Å². The van der Waals surface area contributed by atoms with Crippen LogP contribution in [0.4, 0.5) is 5.82 Å². The van der Waals surface area contributed by atoms with Crippen molar-refractivity contribution in [2.75, 3.05) is 12.8 Å². The molecule has 0 aliphatic heterocycles. The van der Waals surface area contributed by atoms with Gasteiger partial charge in [0, 0.05) is 11.8 Å². The average molecular weight is 358 g/mol. The Labute approximate surface area is 155 Å². The van der Waals surface area contributed by atoms with Crippen LogP contribution >= 0.6 is 0 Å². The van der Waals surface area contributed by atoms with E-state index in [0.717, 1.165) is 29.5 Å². The lowest BCUT2D eigenvalue weighted by Gasteiger charge is -2.15. The van der Waals surface area contributed by atoms with Gasteiger partial charge in [-0.1, -0.05) is 24.3 Å². The molecule has 0 bridgehead atoms. The van der Waals surface area contributed by atoms with Gasteiger partial charge >= 0.3 is 0 Å². The van der Waals surface area contributed by atoms with E-state index in [9.17, 15) is 0 Å². The molecule has 0 fully saturated rings. The van der Waals surface area contributed by atoms with Gasteiger partial charge in [-0.2, -0.15) is 5.10 Å². The van der Waals surface area contributed by atoms with Gasteiger partial charge in [0.25, 0.3) is 0 Å². The molecule has 134 valence electrons. The number of rotatable bonds is 3. The lowest BCUT2D eigenvalue weighted by molar-refractivity contribution is 0.413. The van der Waals surface area contributed by atoms with E-state index in [4.69, 9.17) is 15.6 Å². The number of pyridine rings is 1. The summed E-state index contributed by atoms with van der Waals surface area (Å²) >= 11 is 0. The zero-order valence-electron chi connectivity index (χ0n) is 14.8. The van der Waals surface area contributed by atoms with Crippen molar-refractivity contribution < 1.29 is 4.74 Å². The van der Waals surface area contributed by atoms with Crippen LogP contribution in [0.15, 0.2) is 49.1 Å². The molecule has 0 amide bonds. The van der Waals surface area contributed by atoms with Gasteiger partial charge in [-0.3, -0.25) is 9.67 Å². The molecule has 0 unspecified atom stereocenters. The van der Waals surface area contributed by atoms with E-state index in [1.54, 1.807) is 19.5 Å². The lowest BCUT2D eigenvalue weighted by atomic mass is 10.1. The third-order valence-corrected chi connectivity index (χ3v) is 5.12. The van der Waals surface area contributed by atoms with Crippen molar-refractivity contribution in [1.29, 1.82) is 0 Å². The first-order valence-electron chi connectivity index (χ1n) is 8.79. The SMILES string of the molecule is COc1cncc(-c2c3c(N)ncnc3nn2C2Cc3ccccc3C2)c1. The molecule has 1 aromatic carbocycles. The highest BCUT2D eigenvalue weighted by atomic mass is 16.5. The Morgan fingerprint density at radius 3 is 2.63 bits per heavy atom. The number of aromatic nitrogens is 5. The van der Waals surface area contributed by atoms with E-state index in [-0.39, 0.29) is 6.04 Å². The van der Waals surface area contributed by atoms with E-state index in [0.29, 0.717) is 17.2 Å². The summed E-state index contributed by atoms with van der Waals surface area (Å²) in [7, 11) is 1.63. The topological polar surface area (TPSA) is 91.7 Å². The molecule has 0 saturated carbocycles. The minimum absolute atomic E-state index is 0.192. The summed E-state index contributed by atoms with van der Waals surface area (Å²) in [4.78, 5) is 12.8. The highest BCUT2D eigenvalue weighted by Crippen LogP contribution is 2.38. The molecule has 2 N–H and O–H groups in total. The molecule has 0 atom stereocenters. The predicted octanol–water partition coefficient (Wildman–Crippen LogP) is 2.82. The second-order valence-electron chi connectivity index (χ2n) is 6.69. The maximum absolute atomic E-state index is 6.21. The van der Waals surface area contributed by atoms with Crippen molar-refractivity contribution in [3.8, 4) is 17.0 Å². The van der Waals surface area contributed by atoms with Crippen molar-refractivity contribution >= 4 is 16.9 Å². The van der Waals surface area contributed by atoms with Crippen molar-refractivity contribution in [2.45, 2.75) is 18.9 Å². The largest absolute Gasteiger partial charge is 0.495 e. The number of nitrogens with two attached hydrogens (primary N) is 1. The first kappa shape index (κ1) is 15.7. The number of fused-ring (bicyclic) bond motifs is 2. The van der Waals surface area contributed by atoms with Crippen LogP contribution in [-0.4, -0.2) is 31.8 Å². The first-order valence-corrected chi connectivity index (χ1v) is 8.79. The molecular weight excluding hydrogens is 340 g/mol. The van der Waals surface area contributed by atoms with Gasteiger partial charge in [0.1, 0.15) is 17.9 Å². The van der Waals surface area contributed by atoms with Gasteiger partial charge < -0.3 is 10.5 Å². The fourth-order valence-corrected chi connectivity index (χ4v) is 3.87. The molecule has 4 aromatic rings. The highest BCUT2D eigenvalue weighted by molar-refractivity contribution is 5.98. The smallest absolute Gasteiger partial charge is 0.187 e. The number of hydrogen-bond donors (Lipinski definition) is 1. The summed E-state index contributed by atoms with van der Waals surface area (Å²) in [6.07, 6.45) is 6.76. The highest BCUT2D eigenvalue weighted by Gasteiger charge is 2.28. The van der Waals surface area contributed by atoms with E-state index in [2.05, 4.69) is 39.2 Å². The maximum atomic E-state index is 6.21. The third-order valence-electron chi connectivity index (χ3n) is 5.12. The number of ether oxygens (including phenoxy) is 1. The zero-order valence-corrected chi connectivity index (χ0v) is 14.8. The third kappa shape index (κ3) is 2.51. The number of methoxy groups -OCH3 is 1. The van der Waals surface area contributed by atoms with Crippen molar-refractivity contribution in [3.05, 3.63) is 60.2 Å². The summed E-state index contributed by atoms with van der Waals surface area (Å²) in [6, 6.07) is 10.7. The molecular formula is C20H18N6O. The van der Waals surface area contributed by atoms with Crippen LogP contribution in [-0.2, 0) is 12.8 Å². The molecule has 27 heavy (non-hydrogen) atoms. The Morgan fingerprint density at radius 2 is 1.89 bits per heavy atom. The summed E-state index contributed by atoms with van der Waals surface area (Å²) in [5, 5.41) is 5.54. The number of nitrogen functional groups attached to an aromatic ring is 1. The van der Waals surface area contributed by atoms with E-state index >= 15 is 0 Å². The van der Waals surface area contributed by atoms with Crippen LogP contribution in [0.1, 0.15) is 17.2 Å². The molecule has 3 heterocycles. The average Bonchev–Trinajstić information content (AvgIpc) is 3.30. The zero-order chi connectivity index (χ0) is 18.4. The van der Waals surface area contributed by atoms with Crippen LogP contribution in [0.25, 0.3) is 22.3 Å². The number of benzene rings is 1. The molecule has 7 nitrogen and oxygen atoms in total. The molecule has 0 spiro atoms. The number of hydrogen-bond acceptors (Lipinski definition) is 6. The van der Waals surface area contributed by atoms with Gasteiger partial charge in [0.15, 0.2) is 5.65 Å². The number of anilines is 1. The van der Waals surface area contributed by atoms with E-state index < -0.39 is 0 Å². The van der Waals surface area contributed by atoms with Gasteiger partial charge in [-0.15, -0.1) is 0 Å². The first-order chi connectivity index (χ1) is 13.2. The molecule has 0 radical (unpaired) electrons. The van der Waals surface area contributed by atoms with Crippen molar-refractivity contribution in [3.63, 3.8) is 0 Å². The van der Waals surface area contributed by atoms with Gasteiger partial charge in [-0.25, -0.2) is 9.97 Å². The van der Waals surface area contributed by atoms with Crippen molar-refractivity contribution in [1.82, 2.24) is 24.7 Å². The van der Waals surface area contributed by atoms with Crippen LogP contribution < -0.4 is 10.5 Å². The Hall–Kier alpha value is -3.48. The van der Waals surface area contributed by atoms with E-state index in [1.807, 2.05) is 10.7 Å². The summed E-state index contributed by atoms with van der Waals surface area (Å²) in [6.45, 7) is 0. The van der Waals surface area contributed by atoms with Gasteiger partial charge in [-0.05, 0) is 30.0 Å². The molecule has 3 aromatic heterocycles. The fourth-order valence-electron chi connectivity index (χ4n) is 3.87. The minimum atomic E-state index is 0.192. The second kappa shape index (κ2) is 6.05. The van der Waals surface area contributed by atoms with Crippen LogP contribution in [0.3, 0.4) is 0 Å². The lowest BCUT2D eigenvalue weighted by Crippen LogP contribution is -2.12. The van der Waals surface area contributed by atoms with Gasteiger partial charge in [0.2, 0.25) is 0 Å². The molecule has 7 heteroatoms. The summed E-state index contributed by atoms with van der Waals surface area (Å²) < 4.78 is 7.39. The Balaban J connectivity index is 1.72. The maximum Gasteiger partial charge on any atom is 0.187 e. The predicted molar refractivity (Wildman–Crippen MR) is 102 cm³/mol. The normalized spacial score (nSPS) is 13.8. The van der Waals surface area contributed by atoms with Gasteiger partial charge in [0.05, 0.1) is 30.4 Å². The quantitative estimate of drug-likeness (QED) is 0.605. The monoisotopic (exact) mass is 358 g/mol. The summed E-state index contributed by atoms with van der Waals surface area (Å²) in [5.74, 6) is 1.10. The van der Waals surface area contributed by atoms with Crippen LogP contribution in [0.2, 0.25) is 0 Å². The Kier molecular flexibility index (Phi) is 3.53. The minimum Gasteiger partial charge on any atom is -0.495 e. The molecule has 5 rings (SSSR count). The number of nitrogens with zero attached hydrogens (tertiary/aromatic N) is 5. The van der Waals surface area contributed by atoms with Crippen molar-refractivity contribution in [2.24, 2.45) is 0 Å². The molecule has 0 saturated heterocycles. The molecule has 1 aliphatic carbocycles. The van der Waals surface area contributed by atoms with E-state index in [1.165, 1.54) is 17.5 Å². The van der Waals surface area contributed by atoms with Crippen LogP contribution in [0, 0.1) is 0 Å². The standard InChI is InChI=1S/C20H18N6O/c1-27-16-8-14(9-22-10-16)18-17-19(21)23-11-24-20(17)25-26(18)15-6-12-4-2-3-5-13(12)7-15/h2-5,8-11,15H,6-7H2,1H3,(H2,21,23,24,25). The fraction of sp³-hybridized carbons (Fsp3) is 0.200. The second-order valence-corrected chi connectivity index (χ2v) is 6.69. The molecule has 1 aliphatic rings. The Bertz CT molecular complexity index is 1130. The Morgan fingerprint density at radius 1 is 1.11 bits per heavy atom.